The van der Waals surface area contributed by atoms with Crippen LogP contribution in [0.3, 0.4) is 0 Å². The molecular formula is C15H24N2O2S. The van der Waals surface area contributed by atoms with Crippen molar-refractivity contribution in [2.24, 2.45) is 0 Å². The van der Waals surface area contributed by atoms with Gasteiger partial charge in [0.25, 0.3) is 0 Å². The smallest absolute Gasteiger partial charge is 0.232 e. The first kappa shape index (κ1) is 15.4. The normalized spacial score (nSPS) is 16.8. The molecule has 1 aromatic heterocycles. The molecule has 1 aliphatic heterocycles. The maximum atomic E-state index is 12.2. The third kappa shape index (κ3) is 4.27. The molecule has 1 aromatic rings. The highest BCUT2D eigenvalue weighted by Crippen LogP contribution is 2.20. The molecule has 1 fully saturated rings. The van der Waals surface area contributed by atoms with Crippen LogP contribution in [0.25, 0.3) is 0 Å². The summed E-state index contributed by atoms with van der Waals surface area (Å²) in [5.41, 5.74) is 2.07. The van der Waals surface area contributed by atoms with E-state index >= 15 is 0 Å². The van der Waals surface area contributed by atoms with Crippen molar-refractivity contribution in [3.63, 3.8) is 0 Å². The van der Waals surface area contributed by atoms with E-state index in [0.29, 0.717) is 5.75 Å². The molecule has 1 saturated heterocycles. The summed E-state index contributed by atoms with van der Waals surface area (Å²) < 4.78 is 5.14. The minimum atomic E-state index is 0.281. The summed E-state index contributed by atoms with van der Waals surface area (Å²) in [6.45, 7) is 5.75. The van der Waals surface area contributed by atoms with Gasteiger partial charge in [-0.1, -0.05) is 24.4 Å². The second-order valence-corrected chi connectivity index (χ2v) is 6.43. The second-order valence-electron chi connectivity index (χ2n) is 5.44. The first-order valence-corrected chi connectivity index (χ1v) is 8.61. The van der Waals surface area contributed by atoms with Crippen molar-refractivity contribution in [3.05, 3.63) is 17.0 Å². The first-order valence-electron chi connectivity index (χ1n) is 7.45. The topological polar surface area (TPSA) is 46.3 Å². The van der Waals surface area contributed by atoms with E-state index in [2.05, 4.69) is 5.16 Å². The van der Waals surface area contributed by atoms with Crippen LogP contribution in [-0.2, 0) is 10.5 Å². The predicted octanol–water partition coefficient (Wildman–Crippen LogP) is 3.32. The summed E-state index contributed by atoms with van der Waals surface area (Å²) in [5, 5.41) is 3.94. The third-order valence-corrected chi connectivity index (χ3v) is 4.81. The summed E-state index contributed by atoms with van der Waals surface area (Å²) in [6.07, 6.45) is 6.15. The lowest BCUT2D eigenvalue weighted by atomic mass is 10.1. The number of nitrogens with zero attached hydrogens (tertiary/aromatic N) is 2. The van der Waals surface area contributed by atoms with Gasteiger partial charge in [-0.05, 0) is 26.7 Å². The molecule has 0 aliphatic carbocycles. The van der Waals surface area contributed by atoms with E-state index in [1.54, 1.807) is 11.8 Å². The van der Waals surface area contributed by atoms with Gasteiger partial charge in [0.1, 0.15) is 5.76 Å². The number of aryl methyl sites for hydroxylation is 2. The van der Waals surface area contributed by atoms with E-state index in [1.807, 2.05) is 18.7 Å². The zero-order chi connectivity index (χ0) is 14.4. The van der Waals surface area contributed by atoms with Crippen molar-refractivity contribution in [1.29, 1.82) is 0 Å². The molecule has 2 heterocycles. The minimum absolute atomic E-state index is 0.281. The van der Waals surface area contributed by atoms with Gasteiger partial charge in [-0.3, -0.25) is 4.79 Å². The SMILES string of the molecule is Cc1noc(C)c1CSCC(=O)N1CCCCCCC1. The van der Waals surface area contributed by atoms with Crippen LogP contribution in [-0.4, -0.2) is 34.8 Å². The van der Waals surface area contributed by atoms with E-state index < -0.39 is 0 Å². The number of aromatic nitrogens is 1. The zero-order valence-electron chi connectivity index (χ0n) is 12.5. The van der Waals surface area contributed by atoms with Gasteiger partial charge in [-0.25, -0.2) is 0 Å². The van der Waals surface area contributed by atoms with Crippen LogP contribution in [0.1, 0.15) is 49.1 Å². The van der Waals surface area contributed by atoms with Crippen LogP contribution in [0, 0.1) is 13.8 Å². The molecule has 1 aliphatic rings. The Morgan fingerprint density at radius 2 is 1.85 bits per heavy atom. The van der Waals surface area contributed by atoms with Gasteiger partial charge in [-0.15, -0.1) is 11.8 Å². The lowest BCUT2D eigenvalue weighted by molar-refractivity contribution is -0.128. The molecule has 4 nitrogen and oxygen atoms in total. The van der Waals surface area contributed by atoms with Gasteiger partial charge in [0.15, 0.2) is 0 Å². The highest BCUT2D eigenvalue weighted by molar-refractivity contribution is 7.99. The fourth-order valence-corrected chi connectivity index (χ4v) is 3.61. The minimum Gasteiger partial charge on any atom is -0.361 e. The first-order chi connectivity index (χ1) is 9.68. The van der Waals surface area contributed by atoms with E-state index in [-0.39, 0.29) is 5.91 Å². The Labute approximate surface area is 125 Å². The Morgan fingerprint density at radius 3 is 2.45 bits per heavy atom. The average molecular weight is 296 g/mol. The monoisotopic (exact) mass is 296 g/mol. The van der Waals surface area contributed by atoms with Gasteiger partial charge in [0, 0.05) is 24.4 Å². The molecule has 20 heavy (non-hydrogen) atoms. The van der Waals surface area contributed by atoms with Crippen LogP contribution >= 0.6 is 11.8 Å². The number of hydrogen-bond acceptors (Lipinski definition) is 4. The second kappa shape index (κ2) is 7.72. The van der Waals surface area contributed by atoms with Gasteiger partial charge in [-0.2, -0.15) is 0 Å². The van der Waals surface area contributed by atoms with E-state index in [9.17, 15) is 4.79 Å². The largest absolute Gasteiger partial charge is 0.361 e. The lowest BCUT2D eigenvalue weighted by Gasteiger charge is -2.24. The van der Waals surface area contributed by atoms with Gasteiger partial charge in [0.05, 0.1) is 11.4 Å². The van der Waals surface area contributed by atoms with Crippen LogP contribution in [0.15, 0.2) is 4.52 Å². The van der Waals surface area contributed by atoms with Crippen molar-refractivity contribution >= 4 is 17.7 Å². The predicted molar refractivity (Wildman–Crippen MR) is 81.8 cm³/mol. The molecule has 0 saturated carbocycles. The fraction of sp³-hybridized carbons (Fsp3) is 0.733. The zero-order valence-corrected chi connectivity index (χ0v) is 13.3. The fourth-order valence-electron chi connectivity index (χ4n) is 2.54. The Kier molecular flexibility index (Phi) is 5.95. The standard InChI is InChI=1S/C15H24N2O2S/c1-12-14(13(2)19-16-12)10-20-11-15(18)17-8-6-4-3-5-7-9-17/h3-11H2,1-2H3. The highest BCUT2D eigenvalue weighted by atomic mass is 32.2. The number of thioether (sulfide) groups is 1. The Morgan fingerprint density at radius 1 is 1.20 bits per heavy atom. The molecule has 112 valence electrons. The maximum absolute atomic E-state index is 12.2. The number of rotatable bonds is 4. The molecule has 1 amide bonds. The third-order valence-electron chi connectivity index (χ3n) is 3.86. The van der Waals surface area contributed by atoms with E-state index in [4.69, 9.17) is 4.52 Å². The molecule has 0 spiro atoms. The number of carbonyl (C=O) groups is 1. The number of amides is 1. The maximum Gasteiger partial charge on any atom is 0.232 e. The van der Waals surface area contributed by atoms with Crippen LogP contribution in [0.4, 0.5) is 0 Å². The van der Waals surface area contributed by atoms with Crippen LogP contribution in [0.5, 0.6) is 0 Å². The van der Waals surface area contributed by atoms with Gasteiger partial charge >= 0.3 is 0 Å². The van der Waals surface area contributed by atoms with Crippen molar-refractivity contribution < 1.29 is 9.32 Å². The molecule has 0 N–H and O–H groups in total. The number of likely N-dealkylation sites (tertiary alicyclic amines) is 1. The summed E-state index contributed by atoms with van der Waals surface area (Å²) in [5.74, 6) is 2.52. The molecular weight excluding hydrogens is 272 g/mol. The lowest BCUT2D eigenvalue weighted by Crippen LogP contribution is -2.35. The Bertz CT molecular complexity index is 418. The number of carbonyl (C=O) groups excluding carboxylic acids is 1. The van der Waals surface area contributed by atoms with Crippen molar-refractivity contribution in [2.75, 3.05) is 18.8 Å². The van der Waals surface area contributed by atoms with E-state index in [1.165, 1.54) is 19.3 Å². The molecule has 5 heteroatoms. The average Bonchev–Trinajstić information content (AvgIpc) is 2.69. The summed E-state index contributed by atoms with van der Waals surface area (Å²) in [4.78, 5) is 14.3. The summed E-state index contributed by atoms with van der Waals surface area (Å²) in [7, 11) is 0. The van der Waals surface area contributed by atoms with Gasteiger partial charge in [0.2, 0.25) is 5.91 Å². The Balaban J connectivity index is 1.76. The number of hydrogen-bond donors (Lipinski definition) is 0. The van der Waals surface area contributed by atoms with Gasteiger partial charge < -0.3 is 9.42 Å². The van der Waals surface area contributed by atoms with E-state index in [0.717, 1.165) is 48.7 Å². The van der Waals surface area contributed by atoms with Crippen molar-refractivity contribution in [3.8, 4) is 0 Å². The molecule has 0 radical (unpaired) electrons. The quantitative estimate of drug-likeness (QED) is 0.855. The molecule has 0 unspecified atom stereocenters. The molecule has 2 rings (SSSR count). The molecule has 0 atom stereocenters. The summed E-state index contributed by atoms with van der Waals surface area (Å²) in [6, 6.07) is 0. The summed E-state index contributed by atoms with van der Waals surface area (Å²) >= 11 is 1.66. The Hall–Kier alpha value is -0.970. The van der Waals surface area contributed by atoms with Crippen LogP contribution < -0.4 is 0 Å². The molecule has 0 aromatic carbocycles. The molecule has 0 bridgehead atoms. The van der Waals surface area contributed by atoms with Crippen molar-refractivity contribution in [1.82, 2.24) is 10.1 Å². The highest BCUT2D eigenvalue weighted by Gasteiger charge is 2.15. The van der Waals surface area contributed by atoms with Crippen LogP contribution in [0.2, 0.25) is 0 Å². The van der Waals surface area contributed by atoms with Crippen molar-refractivity contribution in [2.45, 2.75) is 51.7 Å².